The fourth-order valence-corrected chi connectivity index (χ4v) is 7.64. The molecule has 3 heteroatoms. The molecule has 9 rings (SSSR count). The Bertz CT molecular complexity index is 2790. The van der Waals surface area contributed by atoms with Crippen LogP contribution in [0.1, 0.15) is 11.1 Å². The standard InChI is InChI=1S/C46H27N3/c47-28-30-25-26-44-40(27-30)34-16-10-11-23-42(34)49(44)43-24-12-22-33(41(43)29-48)32-15-4-5-17-35(32)46-38-20-8-6-18-36(38)45(31-13-2-1-3-14-31)37-19-7-9-21-39(37)46/h1-27H. The summed E-state index contributed by atoms with van der Waals surface area (Å²) in [4.78, 5) is 0. The summed E-state index contributed by atoms with van der Waals surface area (Å²) in [6.07, 6.45) is 0. The van der Waals surface area contributed by atoms with E-state index in [1.165, 1.54) is 21.9 Å². The first kappa shape index (κ1) is 28.3. The predicted octanol–water partition coefficient (Wildman–Crippen LogP) is 11.8. The van der Waals surface area contributed by atoms with Crippen LogP contribution < -0.4 is 0 Å². The number of nitriles is 2. The van der Waals surface area contributed by atoms with Gasteiger partial charge in [0.2, 0.25) is 0 Å². The molecule has 1 heterocycles. The van der Waals surface area contributed by atoms with E-state index in [4.69, 9.17) is 0 Å². The van der Waals surface area contributed by atoms with Crippen LogP contribution in [0.4, 0.5) is 0 Å². The van der Waals surface area contributed by atoms with Crippen LogP contribution in [-0.2, 0) is 0 Å². The van der Waals surface area contributed by atoms with Gasteiger partial charge in [0.1, 0.15) is 6.07 Å². The smallest absolute Gasteiger partial charge is 0.102 e. The highest BCUT2D eigenvalue weighted by atomic mass is 15.0. The molecule has 0 aliphatic heterocycles. The Kier molecular flexibility index (Phi) is 6.58. The lowest BCUT2D eigenvalue weighted by atomic mass is 9.83. The third-order valence-electron chi connectivity index (χ3n) is 9.68. The van der Waals surface area contributed by atoms with Crippen molar-refractivity contribution in [2.24, 2.45) is 0 Å². The molecule has 0 aliphatic carbocycles. The van der Waals surface area contributed by atoms with E-state index in [9.17, 15) is 10.5 Å². The first-order chi connectivity index (χ1) is 24.3. The molecule has 0 fully saturated rings. The second kappa shape index (κ2) is 11.4. The maximum atomic E-state index is 10.9. The molecule has 9 aromatic rings. The number of fused-ring (bicyclic) bond motifs is 5. The van der Waals surface area contributed by atoms with Crippen LogP contribution in [0, 0.1) is 22.7 Å². The van der Waals surface area contributed by atoms with Gasteiger partial charge in [0.25, 0.3) is 0 Å². The third kappa shape index (κ3) is 4.35. The van der Waals surface area contributed by atoms with Gasteiger partial charge < -0.3 is 4.57 Å². The van der Waals surface area contributed by atoms with Crippen LogP contribution in [0.3, 0.4) is 0 Å². The topological polar surface area (TPSA) is 52.5 Å². The van der Waals surface area contributed by atoms with Gasteiger partial charge in [0.05, 0.1) is 33.9 Å². The van der Waals surface area contributed by atoms with Crippen LogP contribution in [0.15, 0.2) is 164 Å². The molecule has 0 saturated heterocycles. The second-order valence-electron chi connectivity index (χ2n) is 12.3. The molecule has 0 radical (unpaired) electrons. The monoisotopic (exact) mass is 621 g/mol. The summed E-state index contributed by atoms with van der Waals surface area (Å²) in [5.74, 6) is 0. The zero-order valence-electron chi connectivity index (χ0n) is 26.4. The number of rotatable bonds is 4. The fraction of sp³-hybridized carbons (Fsp3) is 0. The van der Waals surface area contributed by atoms with E-state index < -0.39 is 0 Å². The van der Waals surface area contributed by atoms with Crippen molar-refractivity contribution in [1.82, 2.24) is 4.57 Å². The van der Waals surface area contributed by atoms with Gasteiger partial charge in [-0.05, 0) is 79.7 Å². The fourth-order valence-electron chi connectivity index (χ4n) is 7.64. The molecule has 0 bridgehead atoms. The minimum absolute atomic E-state index is 0.594. The third-order valence-corrected chi connectivity index (χ3v) is 9.68. The summed E-state index contributed by atoms with van der Waals surface area (Å²) in [6.45, 7) is 0. The van der Waals surface area contributed by atoms with Crippen molar-refractivity contribution in [2.45, 2.75) is 0 Å². The molecule has 3 nitrogen and oxygen atoms in total. The molecule has 0 aliphatic rings. The van der Waals surface area contributed by atoms with Gasteiger partial charge in [0, 0.05) is 16.3 Å². The van der Waals surface area contributed by atoms with Crippen molar-refractivity contribution in [3.8, 4) is 51.2 Å². The average Bonchev–Trinajstić information content (AvgIpc) is 3.50. The molecular formula is C46H27N3. The molecule has 0 spiro atoms. The molecular weight excluding hydrogens is 595 g/mol. The van der Waals surface area contributed by atoms with E-state index in [2.05, 4.69) is 138 Å². The molecule has 0 unspecified atom stereocenters. The predicted molar refractivity (Wildman–Crippen MR) is 202 cm³/mol. The van der Waals surface area contributed by atoms with E-state index >= 15 is 0 Å². The molecule has 1 aromatic heterocycles. The van der Waals surface area contributed by atoms with E-state index in [1.807, 2.05) is 42.5 Å². The molecule has 226 valence electrons. The molecule has 0 atom stereocenters. The number of hydrogen-bond acceptors (Lipinski definition) is 2. The van der Waals surface area contributed by atoms with Crippen molar-refractivity contribution in [3.05, 3.63) is 175 Å². The van der Waals surface area contributed by atoms with E-state index in [0.29, 0.717) is 11.1 Å². The highest BCUT2D eigenvalue weighted by molar-refractivity contribution is 6.22. The van der Waals surface area contributed by atoms with Crippen LogP contribution in [-0.4, -0.2) is 4.57 Å². The zero-order valence-corrected chi connectivity index (χ0v) is 26.4. The lowest BCUT2D eigenvalue weighted by Gasteiger charge is -2.20. The maximum absolute atomic E-state index is 10.9. The minimum Gasteiger partial charge on any atom is -0.308 e. The van der Waals surface area contributed by atoms with E-state index in [1.54, 1.807) is 0 Å². The van der Waals surface area contributed by atoms with Crippen molar-refractivity contribution in [1.29, 1.82) is 10.5 Å². The maximum Gasteiger partial charge on any atom is 0.102 e. The Morgan fingerprint density at radius 3 is 1.61 bits per heavy atom. The van der Waals surface area contributed by atoms with Crippen molar-refractivity contribution in [2.75, 3.05) is 0 Å². The van der Waals surface area contributed by atoms with Gasteiger partial charge in [-0.25, -0.2) is 0 Å². The zero-order chi connectivity index (χ0) is 32.9. The number of benzene rings is 8. The highest BCUT2D eigenvalue weighted by Gasteiger charge is 2.22. The van der Waals surface area contributed by atoms with Crippen molar-refractivity contribution >= 4 is 43.4 Å². The van der Waals surface area contributed by atoms with Crippen LogP contribution >= 0.6 is 0 Å². The second-order valence-corrected chi connectivity index (χ2v) is 12.3. The first-order valence-electron chi connectivity index (χ1n) is 16.3. The van der Waals surface area contributed by atoms with Crippen LogP contribution in [0.25, 0.3) is 82.4 Å². The van der Waals surface area contributed by atoms with Crippen LogP contribution in [0.2, 0.25) is 0 Å². The summed E-state index contributed by atoms with van der Waals surface area (Å²) < 4.78 is 2.16. The Morgan fingerprint density at radius 1 is 0.388 bits per heavy atom. The van der Waals surface area contributed by atoms with Gasteiger partial charge in [-0.1, -0.05) is 133 Å². The van der Waals surface area contributed by atoms with E-state index in [0.717, 1.165) is 60.5 Å². The quantitative estimate of drug-likeness (QED) is 0.184. The summed E-state index contributed by atoms with van der Waals surface area (Å²) >= 11 is 0. The normalized spacial score (nSPS) is 11.2. The van der Waals surface area contributed by atoms with Crippen LogP contribution in [0.5, 0.6) is 0 Å². The number of hydrogen-bond donors (Lipinski definition) is 0. The lowest BCUT2D eigenvalue weighted by Crippen LogP contribution is -2.00. The largest absolute Gasteiger partial charge is 0.308 e. The highest BCUT2D eigenvalue weighted by Crippen LogP contribution is 2.47. The lowest BCUT2D eigenvalue weighted by molar-refractivity contribution is 1.17. The summed E-state index contributed by atoms with van der Waals surface area (Å²) in [5.41, 5.74) is 10.4. The summed E-state index contributed by atoms with van der Waals surface area (Å²) in [5, 5.41) is 27.3. The molecule has 0 saturated carbocycles. The number of para-hydroxylation sites is 1. The van der Waals surface area contributed by atoms with Gasteiger partial charge in [-0.15, -0.1) is 0 Å². The SMILES string of the molecule is N#Cc1ccc2c(c1)c1ccccc1n2-c1cccc(-c2ccccc2-c2c3ccccc3c(-c3ccccc3)c3ccccc23)c1C#N. The van der Waals surface area contributed by atoms with Crippen molar-refractivity contribution in [3.63, 3.8) is 0 Å². The van der Waals surface area contributed by atoms with Gasteiger partial charge in [-0.3, -0.25) is 0 Å². The van der Waals surface area contributed by atoms with Gasteiger partial charge in [0.15, 0.2) is 0 Å². The number of aromatic nitrogens is 1. The molecule has 49 heavy (non-hydrogen) atoms. The molecule has 8 aromatic carbocycles. The molecule has 0 amide bonds. The van der Waals surface area contributed by atoms with Gasteiger partial charge in [-0.2, -0.15) is 10.5 Å². The Balaban J connectivity index is 1.35. The summed E-state index contributed by atoms with van der Waals surface area (Å²) in [6, 6.07) is 61.4. The number of nitrogens with zero attached hydrogens (tertiary/aromatic N) is 3. The van der Waals surface area contributed by atoms with E-state index in [-0.39, 0.29) is 0 Å². The Morgan fingerprint density at radius 2 is 0.939 bits per heavy atom. The Labute approximate surface area is 283 Å². The first-order valence-corrected chi connectivity index (χ1v) is 16.3. The minimum atomic E-state index is 0.594. The van der Waals surface area contributed by atoms with Gasteiger partial charge >= 0.3 is 0 Å². The van der Waals surface area contributed by atoms with Crippen molar-refractivity contribution < 1.29 is 0 Å². The average molecular weight is 622 g/mol. The Hall–Kier alpha value is -6.94. The molecule has 0 N–H and O–H groups in total. The summed E-state index contributed by atoms with van der Waals surface area (Å²) in [7, 11) is 0.